The molecule has 0 aliphatic heterocycles. The summed E-state index contributed by atoms with van der Waals surface area (Å²) in [5, 5.41) is 11.9. The Morgan fingerprint density at radius 2 is 1.04 bits per heavy atom. The Balaban J connectivity index is 4.02. The van der Waals surface area contributed by atoms with Gasteiger partial charge in [-0.3, -0.25) is 9.59 Å². The summed E-state index contributed by atoms with van der Waals surface area (Å²) in [5.41, 5.74) is 5.47. The van der Waals surface area contributed by atoms with Crippen LogP contribution in [0.1, 0.15) is 206 Å². The van der Waals surface area contributed by atoms with Crippen molar-refractivity contribution >= 4 is 17.8 Å². The fourth-order valence-corrected chi connectivity index (χ4v) is 6.25. The maximum absolute atomic E-state index is 12.7. The van der Waals surface area contributed by atoms with Crippen molar-refractivity contribution in [3.63, 3.8) is 0 Å². The van der Waals surface area contributed by atoms with Gasteiger partial charge in [-0.05, 0) is 103 Å². The highest BCUT2D eigenvalue weighted by Gasteiger charge is 2.19. The highest BCUT2D eigenvalue weighted by atomic mass is 16.5. The van der Waals surface area contributed by atoms with Gasteiger partial charge in [0.05, 0.1) is 0 Å². The lowest BCUT2D eigenvalue weighted by Gasteiger charge is -2.15. The third-order valence-electron chi connectivity index (χ3n) is 9.60. The predicted molar refractivity (Wildman–Crippen MR) is 225 cm³/mol. The number of carboxylic acids is 1. The zero-order valence-corrected chi connectivity index (χ0v) is 34.4. The number of hydrogen-bond acceptors (Lipinski definition) is 5. The van der Waals surface area contributed by atoms with Crippen molar-refractivity contribution in [3.8, 4) is 0 Å². The van der Waals surface area contributed by atoms with E-state index in [2.05, 4.69) is 67.8 Å². The van der Waals surface area contributed by atoms with E-state index in [-0.39, 0.29) is 18.0 Å². The summed E-state index contributed by atoms with van der Waals surface area (Å²) in [5.74, 6) is -1.34. The first-order valence-corrected chi connectivity index (χ1v) is 22.0. The monoisotopic (exact) mass is 743 g/mol. The van der Waals surface area contributed by atoms with Crippen molar-refractivity contribution < 1.29 is 24.2 Å². The van der Waals surface area contributed by atoms with Crippen molar-refractivity contribution in [1.29, 1.82) is 0 Å². The number of esters is 1. The number of aliphatic carboxylic acids is 1. The average Bonchev–Trinajstić information content (AvgIpc) is 3.14. The maximum Gasteiger partial charge on any atom is 0.326 e. The molecule has 0 aromatic rings. The van der Waals surface area contributed by atoms with Gasteiger partial charge in [0.15, 0.2) is 0 Å². The molecular weight excluding hydrogens is 661 g/mol. The predicted octanol–water partition coefficient (Wildman–Crippen LogP) is 12.4. The average molecular weight is 743 g/mol. The van der Waals surface area contributed by atoms with E-state index < -0.39 is 12.0 Å². The fourth-order valence-electron chi connectivity index (χ4n) is 6.25. The van der Waals surface area contributed by atoms with Crippen LogP contribution in [0.15, 0.2) is 48.6 Å². The van der Waals surface area contributed by atoms with Gasteiger partial charge in [0.1, 0.15) is 12.1 Å². The van der Waals surface area contributed by atoms with Crippen molar-refractivity contribution in [2.75, 3.05) is 6.54 Å². The number of rotatable bonds is 39. The number of carbonyl (C=O) groups excluding carboxylic acids is 2. The van der Waals surface area contributed by atoms with Gasteiger partial charge in [0.25, 0.3) is 0 Å². The summed E-state index contributed by atoms with van der Waals surface area (Å²) < 4.78 is 5.88. The second-order valence-corrected chi connectivity index (χ2v) is 14.7. The lowest BCUT2D eigenvalue weighted by atomic mass is 10.1. The molecule has 1 amide bonds. The number of hydrogen-bond donors (Lipinski definition) is 3. The summed E-state index contributed by atoms with van der Waals surface area (Å²) >= 11 is 0. The van der Waals surface area contributed by atoms with Crippen LogP contribution in [0.25, 0.3) is 0 Å². The molecule has 0 saturated carbocycles. The van der Waals surface area contributed by atoms with Gasteiger partial charge >= 0.3 is 11.9 Å². The number of carbonyl (C=O) groups is 3. The summed E-state index contributed by atoms with van der Waals surface area (Å²) in [6, 6.07) is -0.871. The van der Waals surface area contributed by atoms with Crippen LogP contribution >= 0.6 is 0 Å². The lowest BCUT2D eigenvalue weighted by molar-refractivity contribution is -0.147. The molecule has 2 atom stereocenters. The normalized spacial score (nSPS) is 13.1. The van der Waals surface area contributed by atoms with Crippen molar-refractivity contribution in [3.05, 3.63) is 48.6 Å². The Labute approximate surface area is 326 Å². The smallest absolute Gasteiger partial charge is 0.326 e. The van der Waals surface area contributed by atoms with Gasteiger partial charge in [-0.15, -0.1) is 0 Å². The van der Waals surface area contributed by atoms with E-state index in [9.17, 15) is 19.5 Å². The van der Waals surface area contributed by atoms with Crippen LogP contribution in [0.5, 0.6) is 0 Å². The molecule has 0 radical (unpaired) electrons. The summed E-state index contributed by atoms with van der Waals surface area (Å²) in [4.78, 5) is 36.2. The fraction of sp³-hybridized carbons (Fsp3) is 0.761. The molecular formula is C46H82N2O5. The lowest BCUT2D eigenvalue weighted by Crippen LogP contribution is -2.40. The molecule has 53 heavy (non-hydrogen) atoms. The number of carboxylic acid groups (broad SMARTS) is 1. The molecule has 2 unspecified atom stereocenters. The first-order valence-electron chi connectivity index (χ1n) is 22.0. The van der Waals surface area contributed by atoms with Crippen LogP contribution < -0.4 is 11.1 Å². The minimum Gasteiger partial charge on any atom is -0.480 e. The molecule has 0 heterocycles. The number of nitrogens with one attached hydrogen (secondary N) is 1. The van der Waals surface area contributed by atoms with Gasteiger partial charge in [0, 0.05) is 12.8 Å². The Bertz CT molecular complexity index is 973. The van der Waals surface area contributed by atoms with Crippen LogP contribution in [-0.4, -0.2) is 41.6 Å². The number of allylic oxidation sites excluding steroid dienone is 7. The molecule has 0 rings (SSSR count). The second kappa shape index (κ2) is 40.5. The van der Waals surface area contributed by atoms with Gasteiger partial charge in [-0.1, -0.05) is 146 Å². The van der Waals surface area contributed by atoms with Crippen LogP contribution in [-0.2, 0) is 19.1 Å². The first kappa shape index (κ1) is 50.3. The van der Waals surface area contributed by atoms with Crippen molar-refractivity contribution in [1.82, 2.24) is 5.32 Å². The number of unbranched alkanes of at least 4 members (excludes halogenated alkanes) is 19. The third kappa shape index (κ3) is 37.4. The van der Waals surface area contributed by atoms with Gasteiger partial charge < -0.3 is 20.9 Å². The number of nitrogens with two attached hydrogens (primary N) is 1. The van der Waals surface area contributed by atoms with Crippen LogP contribution in [0.3, 0.4) is 0 Å². The highest BCUT2D eigenvalue weighted by Crippen LogP contribution is 2.15. The van der Waals surface area contributed by atoms with E-state index in [1.807, 2.05) is 0 Å². The Morgan fingerprint density at radius 1 is 0.566 bits per heavy atom. The molecule has 0 aliphatic rings. The zero-order chi connectivity index (χ0) is 38.9. The van der Waals surface area contributed by atoms with Crippen molar-refractivity contribution in [2.45, 2.75) is 219 Å². The van der Waals surface area contributed by atoms with E-state index in [0.717, 1.165) is 64.2 Å². The van der Waals surface area contributed by atoms with Crippen LogP contribution in [0.4, 0.5) is 0 Å². The zero-order valence-electron chi connectivity index (χ0n) is 34.4. The molecule has 0 bridgehead atoms. The van der Waals surface area contributed by atoms with Crippen molar-refractivity contribution in [2.24, 2.45) is 5.73 Å². The largest absolute Gasteiger partial charge is 0.480 e. The maximum atomic E-state index is 12.7. The molecule has 7 heteroatoms. The first-order chi connectivity index (χ1) is 25.9. The SMILES string of the molecule is CCCCC/C=C\C(CCCCCCC(=O)NC(CCCN)C(=O)O)OC(=O)CCCCCCCCCC/C=C\C/C=C\C/C=C\CCCCCCC. The minimum atomic E-state index is -1.02. The molecule has 306 valence electrons. The molecule has 0 aliphatic carbocycles. The van der Waals surface area contributed by atoms with E-state index in [1.165, 1.54) is 96.3 Å². The third-order valence-corrected chi connectivity index (χ3v) is 9.60. The van der Waals surface area contributed by atoms with Crippen LogP contribution in [0, 0.1) is 0 Å². The van der Waals surface area contributed by atoms with Crippen LogP contribution in [0.2, 0.25) is 0 Å². The summed E-state index contributed by atoms with van der Waals surface area (Å²) in [6.07, 6.45) is 49.1. The van der Waals surface area contributed by atoms with E-state index >= 15 is 0 Å². The molecule has 7 nitrogen and oxygen atoms in total. The second-order valence-electron chi connectivity index (χ2n) is 14.7. The summed E-state index contributed by atoms with van der Waals surface area (Å²) in [7, 11) is 0. The minimum absolute atomic E-state index is 0.101. The topological polar surface area (TPSA) is 119 Å². The van der Waals surface area contributed by atoms with Gasteiger partial charge in [0.2, 0.25) is 5.91 Å². The number of ether oxygens (including phenoxy) is 1. The standard InChI is InChI=1S/C46H82N2O5/c1-3-5-7-9-10-11-12-13-14-15-16-17-18-19-20-21-22-23-24-25-26-28-34-40-45(50)53-42(36-31-27-8-6-4-2)37-32-29-30-33-39-44(49)48-43(46(51)52)38-35-41-47/h12-13,15-16,18-19,31,36,42-43H,3-11,14,17,20-30,32-35,37-41,47H2,1-2H3,(H,48,49)(H,51,52)/b13-12-,16-15-,19-18-,36-31-. The molecule has 0 aromatic carbocycles. The van der Waals surface area contributed by atoms with E-state index in [0.29, 0.717) is 38.6 Å². The molecule has 4 N–H and O–H groups in total. The number of amides is 1. The Kier molecular flexibility index (Phi) is 38.5. The molecule has 0 saturated heterocycles. The Hall–Kier alpha value is -2.67. The van der Waals surface area contributed by atoms with E-state index in [4.69, 9.17) is 10.5 Å². The highest BCUT2D eigenvalue weighted by molar-refractivity contribution is 5.83. The van der Waals surface area contributed by atoms with E-state index in [1.54, 1.807) is 0 Å². The molecule has 0 spiro atoms. The molecule has 0 fully saturated rings. The quantitative estimate of drug-likeness (QED) is 0.0328. The Morgan fingerprint density at radius 3 is 1.62 bits per heavy atom. The summed E-state index contributed by atoms with van der Waals surface area (Å²) in [6.45, 7) is 4.86. The molecule has 0 aromatic heterocycles. The van der Waals surface area contributed by atoms with Gasteiger partial charge in [-0.2, -0.15) is 0 Å². The van der Waals surface area contributed by atoms with Gasteiger partial charge in [-0.25, -0.2) is 4.79 Å².